The van der Waals surface area contributed by atoms with Crippen molar-refractivity contribution in [3.8, 4) is 0 Å². The van der Waals surface area contributed by atoms with E-state index < -0.39 is 0 Å². The first-order valence-corrected chi connectivity index (χ1v) is 11.8. The Kier molecular flexibility index (Phi) is 8.17. The molecule has 0 aromatic heterocycles. The molecule has 2 nitrogen and oxygen atoms in total. The van der Waals surface area contributed by atoms with Crippen LogP contribution in [0.2, 0.25) is 0 Å². The van der Waals surface area contributed by atoms with Gasteiger partial charge in [0.2, 0.25) is 0 Å². The van der Waals surface area contributed by atoms with Crippen molar-refractivity contribution in [2.45, 2.75) is 78.8 Å². The van der Waals surface area contributed by atoms with Gasteiger partial charge in [-0.05, 0) is 62.4 Å². The Morgan fingerprint density at radius 1 is 0.778 bits per heavy atom. The highest BCUT2D eigenvalue weighted by molar-refractivity contribution is 7.60. The van der Waals surface area contributed by atoms with E-state index in [9.17, 15) is 0 Å². The van der Waals surface area contributed by atoms with Crippen molar-refractivity contribution >= 4 is 19.4 Å². The van der Waals surface area contributed by atoms with Gasteiger partial charge in [-0.3, -0.25) is 0 Å². The van der Waals surface area contributed by atoms with Gasteiger partial charge in [0.15, 0.2) is 0 Å². The molecule has 0 radical (unpaired) electrons. The van der Waals surface area contributed by atoms with E-state index in [0.29, 0.717) is 11.3 Å². The van der Waals surface area contributed by atoms with Crippen LogP contribution in [0.15, 0.2) is 48.5 Å². The fourth-order valence-corrected chi connectivity index (χ4v) is 7.01. The van der Waals surface area contributed by atoms with E-state index in [0.717, 1.165) is 12.8 Å². The maximum Gasteiger partial charge on any atom is 0.0996 e. The first-order valence-electron chi connectivity index (χ1n) is 10.4. The summed E-state index contributed by atoms with van der Waals surface area (Å²) in [6.07, 6.45) is 2.34. The summed E-state index contributed by atoms with van der Waals surface area (Å²) in [7, 11) is -0.319. The third kappa shape index (κ3) is 5.26. The number of rotatable bonds is 9. The highest BCUT2D eigenvalue weighted by Gasteiger charge is 2.30. The Balaban J connectivity index is 2.48. The van der Waals surface area contributed by atoms with Crippen molar-refractivity contribution in [2.24, 2.45) is 0 Å². The maximum atomic E-state index is 3.84. The van der Waals surface area contributed by atoms with Gasteiger partial charge in [-0.15, -0.1) is 0 Å². The molecule has 1 unspecified atom stereocenters. The van der Waals surface area contributed by atoms with Crippen LogP contribution in [0.5, 0.6) is 0 Å². The van der Waals surface area contributed by atoms with Gasteiger partial charge in [-0.25, -0.2) is 0 Å². The van der Waals surface area contributed by atoms with Crippen LogP contribution in [0.1, 0.15) is 59.6 Å². The zero-order valence-corrected chi connectivity index (χ0v) is 19.1. The van der Waals surface area contributed by atoms with E-state index in [1.807, 2.05) is 0 Å². The van der Waals surface area contributed by atoms with Crippen LogP contribution in [0.3, 0.4) is 0 Å². The smallest absolute Gasteiger partial charge is 0.0996 e. The summed E-state index contributed by atoms with van der Waals surface area (Å²) in [6.45, 7) is 16.3. The van der Waals surface area contributed by atoms with Crippen molar-refractivity contribution in [3.05, 3.63) is 59.7 Å². The molecule has 1 atom stereocenters. The second kappa shape index (κ2) is 10.1. The summed E-state index contributed by atoms with van der Waals surface area (Å²) >= 11 is 0. The van der Waals surface area contributed by atoms with E-state index in [1.54, 1.807) is 0 Å². The Labute approximate surface area is 168 Å². The first kappa shape index (κ1) is 21.8. The summed E-state index contributed by atoms with van der Waals surface area (Å²) in [4.78, 5) is 0. The summed E-state index contributed by atoms with van der Waals surface area (Å²) in [6, 6.07) is 17.6. The van der Waals surface area contributed by atoms with Crippen LogP contribution in [-0.2, 0) is 12.8 Å². The molecule has 3 heteroatoms. The SMILES string of the molecule is CCc1ccccc1NC(C)N(c1ccccc1CC)P(C(C)C)C(C)C. The lowest BCUT2D eigenvalue weighted by Gasteiger charge is -2.44. The summed E-state index contributed by atoms with van der Waals surface area (Å²) in [5, 5.41) is 3.84. The summed E-state index contributed by atoms with van der Waals surface area (Å²) < 4.78 is 2.69. The van der Waals surface area contributed by atoms with Crippen LogP contribution < -0.4 is 9.99 Å². The molecule has 0 saturated carbocycles. The molecule has 0 bridgehead atoms. The minimum atomic E-state index is -0.319. The van der Waals surface area contributed by atoms with Gasteiger partial charge in [-0.1, -0.05) is 77.9 Å². The van der Waals surface area contributed by atoms with Gasteiger partial charge in [0.25, 0.3) is 0 Å². The van der Waals surface area contributed by atoms with Crippen molar-refractivity contribution in [2.75, 3.05) is 9.99 Å². The normalized spacial score (nSPS) is 12.7. The number of aryl methyl sites for hydroxylation is 2. The number of hydrogen-bond acceptors (Lipinski definition) is 2. The van der Waals surface area contributed by atoms with Crippen molar-refractivity contribution < 1.29 is 0 Å². The number of para-hydroxylation sites is 2. The minimum absolute atomic E-state index is 0.237. The average molecular weight is 385 g/mol. The number of anilines is 2. The van der Waals surface area contributed by atoms with Gasteiger partial charge in [-0.2, -0.15) is 0 Å². The third-order valence-corrected chi connectivity index (χ3v) is 8.23. The Bertz CT molecular complexity index is 703. The molecule has 0 amide bonds. The number of nitrogens with zero attached hydrogens (tertiary/aromatic N) is 1. The number of benzene rings is 2. The topological polar surface area (TPSA) is 15.3 Å². The second-order valence-corrected chi connectivity index (χ2v) is 11.0. The van der Waals surface area contributed by atoms with E-state index in [4.69, 9.17) is 0 Å². The molecule has 0 spiro atoms. The van der Waals surface area contributed by atoms with E-state index in [2.05, 4.69) is 107 Å². The molecule has 0 heterocycles. The van der Waals surface area contributed by atoms with Gasteiger partial charge in [0.1, 0.15) is 0 Å². The predicted molar refractivity (Wildman–Crippen MR) is 124 cm³/mol. The third-order valence-electron chi connectivity index (χ3n) is 5.06. The minimum Gasteiger partial charge on any atom is -0.365 e. The summed E-state index contributed by atoms with van der Waals surface area (Å²) in [5.74, 6) is 0. The molecular formula is C24H37N2P. The van der Waals surface area contributed by atoms with Gasteiger partial charge in [0.05, 0.1) is 6.17 Å². The highest BCUT2D eigenvalue weighted by Crippen LogP contribution is 2.53. The molecule has 27 heavy (non-hydrogen) atoms. The standard InChI is InChI=1S/C24H37N2P/c1-8-21-14-10-12-16-23(21)25-20(7)26(27(18(3)4)19(5)6)24-17-13-11-15-22(24)9-2/h10-20,25H,8-9H2,1-7H3. The lowest BCUT2D eigenvalue weighted by atomic mass is 10.1. The molecule has 0 aliphatic carbocycles. The monoisotopic (exact) mass is 384 g/mol. The number of nitrogens with one attached hydrogen (secondary N) is 1. The van der Waals surface area contributed by atoms with Crippen LogP contribution >= 0.6 is 8.07 Å². The van der Waals surface area contributed by atoms with Crippen molar-refractivity contribution in [1.29, 1.82) is 0 Å². The highest BCUT2D eigenvalue weighted by atomic mass is 31.1. The Morgan fingerprint density at radius 2 is 1.30 bits per heavy atom. The zero-order chi connectivity index (χ0) is 20.0. The molecule has 2 aromatic rings. The van der Waals surface area contributed by atoms with E-state index >= 15 is 0 Å². The number of hydrogen-bond donors (Lipinski definition) is 1. The van der Waals surface area contributed by atoms with E-state index in [1.165, 1.54) is 22.5 Å². The van der Waals surface area contributed by atoms with Gasteiger partial charge >= 0.3 is 0 Å². The molecule has 0 fully saturated rings. The van der Waals surface area contributed by atoms with E-state index in [-0.39, 0.29) is 14.2 Å². The Morgan fingerprint density at radius 3 is 1.85 bits per heavy atom. The van der Waals surface area contributed by atoms with Gasteiger partial charge < -0.3 is 9.99 Å². The molecule has 1 N–H and O–H groups in total. The van der Waals surface area contributed by atoms with Crippen molar-refractivity contribution in [3.63, 3.8) is 0 Å². The molecule has 2 rings (SSSR count). The fraction of sp³-hybridized carbons (Fsp3) is 0.500. The molecule has 2 aromatic carbocycles. The molecule has 0 aliphatic rings. The molecular weight excluding hydrogens is 347 g/mol. The summed E-state index contributed by atoms with van der Waals surface area (Å²) in [5.41, 5.74) is 6.73. The molecule has 0 aliphatic heterocycles. The lowest BCUT2D eigenvalue weighted by molar-refractivity contribution is 0.815. The zero-order valence-electron chi connectivity index (χ0n) is 18.2. The predicted octanol–water partition coefficient (Wildman–Crippen LogP) is 7.29. The largest absolute Gasteiger partial charge is 0.365 e. The van der Waals surface area contributed by atoms with Crippen LogP contribution in [0.4, 0.5) is 11.4 Å². The van der Waals surface area contributed by atoms with Gasteiger partial charge in [0, 0.05) is 11.4 Å². The quantitative estimate of drug-likeness (QED) is 0.361. The Hall–Kier alpha value is -1.53. The second-order valence-electron chi connectivity index (χ2n) is 7.73. The molecule has 0 saturated heterocycles. The molecule has 148 valence electrons. The van der Waals surface area contributed by atoms with Crippen molar-refractivity contribution in [1.82, 2.24) is 0 Å². The maximum absolute atomic E-state index is 3.84. The average Bonchev–Trinajstić information content (AvgIpc) is 2.65. The van der Waals surface area contributed by atoms with Crippen LogP contribution in [0.25, 0.3) is 0 Å². The fourth-order valence-electron chi connectivity index (χ4n) is 3.92. The van der Waals surface area contributed by atoms with Crippen LogP contribution in [0, 0.1) is 0 Å². The lowest BCUT2D eigenvalue weighted by Crippen LogP contribution is -2.39. The van der Waals surface area contributed by atoms with Crippen LogP contribution in [-0.4, -0.2) is 17.5 Å². The first-order chi connectivity index (χ1) is 12.9.